The van der Waals surface area contributed by atoms with Crippen molar-refractivity contribution in [1.82, 2.24) is 14.9 Å². The van der Waals surface area contributed by atoms with Crippen molar-refractivity contribution in [2.45, 2.75) is 77.2 Å². The first-order valence-electron chi connectivity index (χ1n) is 17.3. The average Bonchev–Trinajstić information content (AvgIpc) is 3.69. The Kier molecular flexibility index (Phi) is 9.05. The van der Waals surface area contributed by atoms with Crippen molar-refractivity contribution in [2.75, 3.05) is 49.1 Å². The molecule has 9 heteroatoms. The molecule has 3 aromatic rings. The quantitative estimate of drug-likeness (QED) is 0.212. The van der Waals surface area contributed by atoms with Gasteiger partial charge in [0.2, 0.25) is 12.5 Å². The Morgan fingerprint density at radius 3 is 2.66 bits per heavy atom. The molecule has 47 heavy (non-hydrogen) atoms. The van der Waals surface area contributed by atoms with Gasteiger partial charge in [-0.3, -0.25) is 4.79 Å². The fourth-order valence-corrected chi connectivity index (χ4v) is 8.52. The van der Waals surface area contributed by atoms with E-state index < -0.39 is 0 Å². The van der Waals surface area contributed by atoms with Gasteiger partial charge in [0.1, 0.15) is 18.0 Å². The molecule has 0 bridgehead atoms. The maximum absolute atomic E-state index is 12.6. The minimum atomic E-state index is -0.237. The van der Waals surface area contributed by atoms with E-state index in [9.17, 15) is 4.79 Å². The highest BCUT2D eigenvalue weighted by Gasteiger charge is 2.38. The SMILES string of the molecule is [C-]#[N+]C[C@H]1CN(c2nc(O[C@@H](C)COC3CC4CCCC4C3)nc3c2CCN(c2cccc4cccc(C)c24)C3)CCN1C(=O)C=C. The lowest BCUT2D eigenvalue weighted by Gasteiger charge is -2.41. The molecule has 4 atom stereocenters. The van der Waals surface area contributed by atoms with E-state index in [1.807, 2.05) is 6.92 Å². The van der Waals surface area contributed by atoms with Gasteiger partial charge < -0.3 is 29.0 Å². The van der Waals surface area contributed by atoms with Gasteiger partial charge in [0.05, 0.1) is 24.9 Å². The maximum Gasteiger partial charge on any atom is 0.319 e. The Balaban J connectivity index is 1.16. The molecular weight excluding hydrogens is 588 g/mol. The van der Waals surface area contributed by atoms with Crippen LogP contribution in [0, 0.1) is 25.3 Å². The number of anilines is 2. The van der Waals surface area contributed by atoms with E-state index in [0.29, 0.717) is 44.9 Å². The molecular formula is C38H46N6O3. The number of fused-ring (bicyclic) bond motifs is 3. The van der Waals surface area contributed by atoms with Gasteiger partial charge in [-0.05, 0) is 68.0 Å². The highest BCUT2D eigenvalue weighted by atomic mass is 16.5. The topological polar surface area (TPSA) is 75.4 Å². The summed E-state index contributed by atoms with van der Waals surface area (Å²) in [6, 6.07) is 13.1. The van der Waals surface area contributed by atoms with Gasteiger partial charge >= 0.3 is 6.01 Å². The van der Waals surface area contributed by atoms with Crippen LogP contribution in [0.4, 0.5) is 11.5 Å². The lowest BCUT2D eigenvalue weighted by Crippen LogP contribution is -2.56. The highest BCUT2D eigenvalue weighted by molar-refractivity contribution is 5.97. The number of piperazine rings is 1. The molecule has 4 aliphatic rings. The first-order valence-corrected chi connectivity index (χ1v) is 17.3. The molecule has 0 spiro atoms. The number of rotatable bonds is 9. The molecule has 2 unspecified atom stereocenters. The van der Waals surface area contributed by atoms with E-state index in [2.05, 4.69) is 64.5 Å². The summed E-state index contributed by atoms with van der Waals surface area (Å²) in [6.07, 6.45) is 8.68. The van der Waals surface area contributed by atoms with E-state index >= 15 is 0 Å². The molecule has 7 rings (SSSR count). The second kappa shape index (κ2) is 13.5. The smallest absolute Gasteiger partial charge is 0.319 e. The Bertz CT molecular complexity index is 1670. The maximum atomic E-state index is 12.6. The van der Waals surface area contributed by atoms with E-state index in [0.717, 1.165) is 41.9 Å². The zero-order valence-corrected chi connectivity index (χ0v) is 27.7. The molecule has 1 amide bonds. The number of hydrogen-bond acceptors (Lipinski definition) is 7. The van der Waals surface area contributed by atoms with Crippen LogP contribution < -0.4 is 14.5 Å². The van der Waals surface area contributed by atoms with Gasteiger partial charge in [0.25, 0.3) is 0 Å². The van der Waals surface area contributed by atoms with Crippen molar-refractivity contribution in [3.8, 4) is 6.01 Å². The zero-order valence-electron chi connectivity index (χ0n) is 27.7. The third kappa shape index (κ3) is 6.40. The van der Waals surface area contributed by atoms with Crippen LogP contribution in [0.1, 0.15) is 55.8 Å². The van der Waals surface area contributed by atoms with Crippen molar-refractivity contribution in [3.05, 3.63) is 77.3 Å². The van der Waals surface area contributed by atoms with Crippen molar-refractivity contribution in [3.63, 3.8) is 0 Å². The van der Waals surface area contributed by atoms with Crippen LogP contribution in [0.3, 0.4) is 0 Å². The molecule has 1 saturated heterocycles. The van der Waals surface area contributed by atoms with Gasteiger partial charge in [-0.25, -0.2) is 6.57 Å². The summed E-state index contributed by atoms with van der Waals surface area (Å²) in [4.78, 5) is 32.8. The van der Waals surface area contributed by atoms with Gasteiger partial charge in [-0.1, -0.05) is 56.2 Å². The number of ether oxygens (including phenoxy) is 2. The number of hydrogen-bond donors (Lipinski definition) is 0. The van der Waals surface area contributed by atoms with Crippen molar-refractivity contribution >= 4 is 28.2 Å². The first kappa shape index (κ1) is 31.4. The molecule has 246 valence electrons. The van der Waals surface area contributed by atoms with E-state index in [-0.39, 0.29) is 24.6 Å². The molecule has 3 fully saturated rings. The van der Waals surface area contributed by atoms with Gasteiger partial charge in [0.15, 0.2) is 0 Å². The summed E-state index contributed by atoms with van der Waals surface area (Å²) in [5.41, 5.74) is 4.56. The van der Waals surface area contributed by atoms with Crippen LogP contribution in [-0.2, 0) is 22.5 Å². The molecule has 0 radical (unpaired) electrons. The molecule has 1 aromatic heterocycles. The van der Waals surface area contributed by atoms with Crippen LogP contribution in [0.15, 0.2) is 49.1 Å². The second-order valence-corrected chi connectivity index (χ2v) is 13.9. The van der Waals surface area contributed by atoms with E-state index in [1.165, 1.54) is 60.2 Å². The predicted octanol–water partition coefficient (Wildman–Crippen LogP) is 5.99. The summed E-state index contributed by atoms with van der Waals surface area (Å²) >= 11 is 0. The molecule has 0 N–H and O–H groups in total. The largest absolute Gasteiger partial charge is 0.458 e. The summed E-state index contributed by atoms with van der Waals surface area (Å²) < 4.78 is 12.8. The second-order valence-electron chi connectivity index (χ2n) is 13.9. The summed E-state index contributed by atoms with van der Waals surface area (Å²) in [5.74, 6) is 2.40. The van der Waals surface area contributed by atoms with Crippen molar-refractivity contribution in [1.29, 1.82) is 0 Å². The molecule has 2 saturated carbocycles. The fourth-order valence-electron chi connectivity index (χ4n) is 8.52. The number of nitrogens with zero attached hydrogens (tertiary/aromatic N) is 6. The standard InChI is InChI=1S/C38H46N6O3/c1-5-35(45)44-18-17-43(22-30(44)21-39-4)37-32-15-16-42(34-14-8-11-27-10-6-9-25(2)36(27)34)23-33(32)40-38(41-37)47-26(3)24-46-31-19-28-12-7-13-29(28)20-31/h5-6,8-11,14,26,28-31H,1,7,12-13,15-24H2,2-3H3/t26-,28?,29?,30-,31?/m0/s1. The van der Waals surface area contributed by atoms with Crippen LogP contribution in [-0.4, -0.2) is 78.4 Å². The number of carbonyl (C=O) groups excluding carboxylic acids is 1. The lowest BCUT2D eigenvalue weighted by molar-refractivity contribution is -0.128. The highest BCUT2D eigenvalue weighted by Crippen LogP contribution is 2.45. The average molecular weight is 635 g/mol. The molecule has 2 aliphatic carbocycles. The number of aromatic nitrogens is 2. The number of benzene rings is 2. The minimum Gasteiger partial charge on any atom is -0.458 e. The van der Waals surface area contributed by atoms with Gasteiger partial charge in [0, 0.05) is 42.8 Å². The Hall–Kier alpha value is -4.16. The molecule has 2 aliphatic heterocycles. The molecule has 9 nitrogen and oxygen atoms in total. The molecule has 3 heterocycles. The monoisotopic (exact) mass is 634 g/mol. The zero-order chi connectivity index (χ0) is 32.5. The lowest BCUT2D eigenvalue weighted by atomic mass is 9.99. The van der Waals surface area contributed by atoms with Gasteiger partial charge in [-0.15, -0.1) is 0 Å². The van der Waals surface area contributed by atoms with Crippen LogP contribution in [0.2, 0.25) is 0 Å². The predicted molar refractivity (Wildman–Crippen MR) is 185 cm³/mol. The summed E-state index contributed by atoms with van der Waals surface area (Å²) in [5, 5.41) is 2.51. The van der Waals surface area contributed by atoms with Crippen LogP contribution in [0.25, 0.3) is 15.6 Å². The Morgan fingerprint density at radius 1 is 1.11 bits per heavy atom. The fraction of sp³-hybridized carbons (Fsp3) is 0.526. The van der Waals surface area contributed by atoms with Crippen molar-refractivity contribution < 1.29 is 14.3 Å². The first-order chi connectivity index (χ1) is 22.9. The summed E-state index contributed by atoms with van der Waals surface area (Å²) in [6.45, 7) is 19.3. The Morgan fingerprint density at radius 2 is 1.89 bits per heavy atom. The summed E-state index contributed by atoms with van der Waals surface area (Å²) in [7, 11) is 0. The normalized spacial score (nSPS) is 24.5. The number of aryl methyl sites for hydroxylation is 1. The van der Waals surface area contributed by atoms with E-state index in [4.69, 9.17) is 26.0 Å². The van der Waals surface area contributed by atoms with Crippen molar-refractivity contribution in [2.24, 2.45) is 11.8 Å². The van der Waals surface area contributed by atoms with Crippen LogP contribution in [0.5, 0.6) is 6.01 Å². The minimum absolute atomic E-state index is 0.132. The Labute approximate surface area is 278 Å². The van der Waals surface area contributed by atoms with E-state index in [1.54, 1.807) is 4.90 Å². The number of carbonyl (C=O) groups is 1. The molecule has 2 aromatic carbocycles. The number of amides is 1. The third-order valence-corrected chi connectivity index (χ3v) is 10.8. The van der Waals surface area contributed by atoms with Crippen LogP contribution >= 0.6 is 0 Å². The third-order valence-electron chi connectivity index (χ3n) is 10.8. The van der Waals surface area contributed by atoms with Gasteiger partial charge in [-0.2, -0.15) is 9.97 Å².